The highest BCUT2D eigenvalue weighted by Crippen LogP contribution is 2.31. The van der Waals surface area contributed by atoms with Crippen molar-refractivity contribution in [2.75, 3.05) is 32.0 Å². The normalized spacial score (nSPS) is 17.9. The number of anilines is 1. The monoisotopic (exact) mass is 670 g/mol. The molecule has 0 unspecified atom stereocenters. The van der Waals surface area contributed by atoms with Gasteiger partial charge in [0.15, 0.2) is 0 Å². The number of halogens is 2. The molecular formula is C36H36Cl2N6O3. The summed E-state index contributed by atoms with van der Waals surface area (Å²) >= 11 is 12.3. The Bertz CT molecular complexity index is 1810. The first-order valence-corrected chi connectivity index (χ1v) is 16.2. The van der Waals surface area contributed by atoms with Crippen LogP contribution in [-0.2, 0) is 29.1 Å². The summed E-state index contributed by atoms with van der Waals surface area (Å²) in [7, 11) is 1.85. The van der Waals surface area contributed by atoms with Crippen molar-refractivity contribution < 1.29 is 14.4 Å². The second kappa shape index (κ2) is 14.0. The second-order valence-electron chi connectivity index (χ2n) is 11.7. The summed E-state index contributed by atoms with van der Waals surface area (Å²) in [5.41, 5.74) is 3.68. The minimum Gasteiger partial charge on any atom is -0.388 e. The first-order valence-electron chi connectivity index (χ1n) is 15.5. The van der Waals surface area contributed by atoms with Crippen LogP contribution in [0.2, 0.25) is 10.0 Å². The lowest BCUT2D eigenvalue weighted by atomic mass is 9.98. The van der Waals surface area contributed by atoms with Crippen LogP contribution in [0, 0.1) is 0 Å². The predicted molar refractivity (Wildman–Crippen MR) is 186 cm³/mol. The number of hydrogen-bond donors (Lipinski definition) is 2. The zero-order valence-electron chi connectivity index (χ0n) is 26.0. The van der Waals surface area contributed by atoms with Gasteiger partial charge in [0.25, 0.3) is 0 Å². The lowest BCUT2D eigenvalue weighted by Crippen LogP contribution is -2.66. The van der Waals surface area contributed by atoms with Gasteiger partial charge in [0.2, 0.25) is 11.8 Å². The molecule has 11 heteroatoms. The van der Waals surface area contributed by atoms with Gasteiger partial charge in [-0.3, -0.25) is 14.6 Å². The van der Waals surface area contributed by atoms with Crippen LogP contribution in [0.15, 0.2) is 97.6 Å². The molecule has 2 heterocycles. The Morgan fingerprint density at radius 1 is 0.979 bits per heavy atom. The van der Waals surface area contributed by atoms with Crippen molar-refractivity contribution in [2.45, 2.75) is 31.7 Å². The highest BCUT2D eigenvalue weighted by Gasteiger charge is 2.52. The van der Waals surface area contributed by atoms with Gasteiger partial charge in [-0.15, -0.1) is 6.58 Å². The van der Waals surface area contributed by atoms with Gasteiger partial charge in [-0.2, -0.15) is 5.01 Å². The third kappa shape index (κ3) is 6.79. The van der Waals surface area contributed by atoms with E-state index in [-0.39, 0.29) is 38.0 Å². The molecule has 0 radical (unpaired) electrons. The molecule has 2 fully saturated rings. The fourth-order valence-corrected chi connectivity index (χ4v) is 6.72. The zero-order valence-corrected chi connectivity index (χ0v) is 27.5. The molecule has 4 amide bonds. The Kier molecular flexibility index (Phi) is 9.68. The first kappa shape index (κ1) is 32.4. The SMILES string of the molecule is C=CCN(C(=O)NCc1ccc(Cl)c(Cl)c1)N1CC(=O)N2[C@@H](Cc3ccc(NC)cc3)C(=O)N(Cc3cccc4ccccc34)C[C@@H]21. The maximum Gasteiger partial charge on any atom is 0.332 e. The summed E-state index contributed by atoms with van der Waals surface area (Å²) in [5, 5.41) is 12.3. The number of hydrazine groups is 1. The molecule has 2 aliphatic heterocycles. The number of fused-ring (bicyclic) bond motifs is 2. The minimum atomic E-state index is -0.744. The molecule has 6 rings (SSSR count). The number of hydrogen-bond acceptors (Lipinski definition) is 5. The Hall–Kier alpha value is -4.57. The molecule has 9 nitrogen and oxygen atoms in total. The smallest absolute Gasteiger partial charge is 0.332 e. The Morgan fingerprint density at radius 3 is 2.47 bits per heavy atom. The van der Waals surface area contributed by atoms with E-state index in [0.717, 1.165) is 33.2 Å². The standard InChI is InChI=1S/C36H36Cl2N6O3/c1-3-17-42(36(47)40-20-25-13-16-30(37)31(38)18-25)43-23-34(45)44-32(19-24-11-14-28(39-2)15-12-24)35(46)41(22-33(43)44)21-27-9-6-8-26-7-4-5-10-29(26)27/h3-16,18,32-33,39H,1,17,19-23H2,2H3,(H,40,47)/t32-,33+/m0/s1. The number of urea groups is 1. The van der Waals surface area contributed by atoms with Crippen molar-refractivity contribution in [1.82, 2.24) is 25.1 Å². The lowest BCUT2D eigenvalue weighted by molar-refractivity contribution is -0.157. The minimum absolute atomic E-state index is 0.0523. The topological polar surface area (TPSA) is 88.2 Å². The summed E-state index contributed by atoms with van der Waals surface area (Å²) in [6, 6.07) is 26.1. The fraction of sp³-hybridized carbons (Fsp3) is 0.250. The van der Waals surface area contributed by atoms with Gasteiger partial charge in [-0.1, -0.05) is 89.9 Å². The third-order valence-electron chi connectivity index (χ3n) is 8.75. The molecule has 4 aromatic carbocycles. The molecule has 0 spiro atoms. The van der Waals surface area contributed by atoms with Crippen LogP contribution in [0.5, 0.6) is 0 Å². The van der Waals surface area contributed by atoms with Crippen LogP contribution >= 0.6 is 23.2 Å². The van der Waals surface area contributed by atoms with Crippen molar-refractivity contribution in [3.63, 3.8) is 0 Å². The molecular weight excluding hydrogens is 635 g/mol. The van der Waals surface area contributed by atoms with Gasteiger partial charge >= 0.3 is 6.03 Å². The maximum atomic E-state index is 14.3. The molecule has 0 aromatic heterocycles. The first-order chi connectivity index (χ1) is 22.8. The van der Waals surface area contributed by atoms with Gasteiger partial charge < -0.3 is 20.4 Å². The molecule has 2 atom stereocenters. The van der Waals surface area contributed by atoms with Crippen LogP contribution in [0.3, 0.4) is 0 Å². The van der Waals surface area contributed by atoms with E-state index < -0.39 is 18.2 Å². The van der Waals surface area contributed by atoms with Crippen molar-refractivity contribution in [3.05, 3.63) is 124 Å². The summed E-state index contributed by atoms with van der Waals surface area (Å²) in [4.78, 5) is 45.3. The zero-order chi connectivity index (χ0) is 33.1. The Labute approximate surface area is 284 Å². The highest BCUT2D eigenvalue weighted by atomic mass is 35.5. The van der Waals surface area contributed by atoms with E-state index >= 15 is 0 Å². The van der Waals surface area contributed by atoms with Crippen LogP contribution in [0.4, 0.5) is 10.5 Å². The number of nitrogens with one attached hydrogen (secondary N) is 2. The number of carbonyl (C=O) groups excluding carboxylic acids is 3. The Morgan fingerprint density at radius 2 is 1.72 bits per heavy atom. The quantitative estimate of drug-likeness (QED) is 0.205. The average molecular weight is 672 g/mol. The van der Waals surface area contributed by atoms with Crippen molar-refractivity contribution in [2.24, 2.45) is 0 Å². The van der Waals surface area contributed by atoms with Crippen LogP contribution in [-0.4, -0.2) is 76.6 Å². The molecule has 0 bridgehead atoms. The second-order valence-corrected chi connectivity index (χ2v) is 12.5. The summed E-state index contributed by atoms with van der Waals surface area (Å²) in [6.45, 7) is 4.78. The molecule has 4 aromatic rings. The number of rotatable bonds is 10. The van der Waals surface area contributed by atoms with Crippen molar-refractivity contribution >= 4 is 57.5 Å². The largest absolute Gasteiger partial charge is 0.388 e. The number of carbonyl (C=O) groups is 3. The summed E-state index contributed by atoms with van der Waals surface area (Å²) in [6.07, 6.45) is 1.40. The predicted octanol–water partition coefficient (Wildman–Crippen LogP) is 5.92. The number of benzene rings is 4. The van der Waals surface area contributed by atoms with E-state index in [2.05, 4.69) is 35.4 Å². The van der Waals surface area contributed by atoms with E-state index in [4.69, 9.17) is 23.2 Å². The van der Waals surface area contributed by atoms with Crippen LogP contribution < -0.4 is 10.6 Å². The highest BCUT2D eigenvalue weighted by molar-refractivity contribution is 6.42. The van der Waals surface area contributed by atoms with Gasteiger partial charge in [-0.05, 0) is 51.7 Å². The third-order valence-corrected chi connectivity index (χ3v) is 9.49. The summed E-state index contributed by atoms with van der Waals surface area (Å²) < 4.78 is 0. The van der Waals surface area contributed by atoms with E-state index in [1.54, 1.807) is 34.2 Å². The van der Waals surface area contributed by atoms with Gasteiger partial charge in [-0.25, -0.2) is 4.79 Å². The fourth-order valence-electron chi connectivity index (χ4n) is 6.40. The van der Waals surface area contributed by atoms with E-state index in [9.17, 15) is 14.4 Å². The molecule has 2 N–H and O–H groups in total. The van der Waals surface area contributed by atoms with Gasteiger partial charge in [0, 0.05) is 32.2 Å². The number of amides is 4. The van der Waals surface area contributed by atoms with Crippen molar-refractivity contribution in [1.29, 1.82) is 0 Å². The Balaban J connectivity index is 1.31. The molecule has 2 saturated heterocycles. The molecule has 2 aliphatic rings. The van der Waals surface area contributed by atoms with E-state index in [1.807, 2.05) is 60.5 Å². The lowest BCUT2D eigenvalue weighted by Gasteiger charge is -2.46. The van der Waals surface area contributed by atoms with E-state index in [1.165, 1.54) is 5.01 Å². The molecule has 0 aliphatic carbocycles. The molecule has 242 valence electrons. The van der Waals surface area contributed by atoms with Crippen LogP contribution in [0.1, 0.15) is 16.7 Å². The van der Waals surface area contributed by atoms with Gasteiger partial charge in [0.05, 0.1) is 29.7 Å². The van der Waals surface area contributed by atoms with Crippen molar-refractivity contribution in [3.8, 4) is 0 Å². The number of piperazine rings is 1. The number of nitrogens with zero attached hydrogens (tertiary/aromatic N) is 4. The van der Waals surface area contributed by atoms with E-state index in [0.29, 0.717) is 23.0 Å². The summed E-state index contributed by atoms with van der Waals surface area (Å²) in [5.74, 6) is -0.335. The van der Waals surface area contributed by atoms with Gasteiger partial charge in [0.1, 0.15) is 12.2 Å². The molecule has 47 heavy (non-hydrogen) atoms. The maximum absolute atomic E-state index is 14.3. The van der Waals surface area contributed by atoms with Crippen LogP contribution in [0.25, 0.3) is 10.8 Å². The average Bonchev–Trinajstić information content (AvgIpc) is 3.41. The molecule has 0 saturated carbocycles.